The van der Waals surface area contributed by atoms with Crippen molar-refractivity contribution >= 4 is 29.0 Å². The maximum absolute atomic E-state index is 14.5. The van der Waals surface area contributed by atoms with Crippen LogP contribution in [0.15, 0.2) is 89.1 Å². The predicted octanol–water partition coefficient (Wildman–Crippen LogP) is 6.80. The minimum absolute atomic E-state index is 0.0250. The standard InChI is InChI=1S/C29H30FN3O5/c1-20(2)28(34)37-18-6-5-17-36-24-13-7-21(8-14-24)29(35)38-25-15-16-27(26(30)19-25)32-31-22-9-11-23(12-10-22)33(3)4/h7-16,19H,1,5-6,17-18H2,2-4H3. The van der Waals surface area contributed by atoms with Crippen LogP contribution < -0.4 is 14.4 Å². The van der Waals surface area contributed by atoms with E-state index in [4.69, 9.17) is 14.2 Å². The van der Waals surface area contributed by atoms with Crippen molar-refractivity contribution in [3.05, 3.63) is 90.3 Å². The number of carbonyl (C=O) groups excluding carboxylic acids is 2. The van der Waals surface area contributed by atoms with E-state index >= 15 is 0 Å². The summed E-state index contributed by atoms with van der Waals surface area (Å²) in [5, 5.41) is 8.01. The van der Waals surface area contributed by atoms with Gasteiger partial charge in [0.05, 0.1) is 24.5 Å². The van der Waals surface area contributed by atoms with Gasteiger partial charge >= 0.3 is 11.9 Å². The minimum atomic E-state index is -0.665. The van der Waals surface area contributed by atoms with Gasteiger partial charge in [-0.2, -0.15) is 5.11 Å². The molecule has 0 fully saturated rings. The Bertz CT molecular complexity index is 1290. The number of halogens is 1. The van der Waals surface area contributed by atoms with Crippen LogP contribution in [-0.2, 0) is 9.53 Å². The summed E-state index contributed by atoms with van der Waals surface area (Å²) in [5.74, 6) is -1.07. The molecule has 9 heteroatoms. The third-order valence-electron chi connectivity index (χ3n) is 5.25. The molecule has 3 rings (SSSR count). The van der Waals surface area contributed by atoms with E-state index in [-0.39, 0.29) is 17.0 Å². The molecule has 0 aromatic heterocycles. The smallest absolute Gasteiger partial charge is 0.343 e. The van der Waals surface area contributed by atoms with Gasteiger partial charge in [0.25, 0.3) is 0 Å². The zero-order valence-electron chi connectivity index (χ0n) is 21.6. The molecular weight excluding hydrogens is 489 g/mol. The molecule has 0 spiro atoms. The maximum atomic E-state index is 14.5. The Kier molecular flexibility index (Phi) is 10.1. The van der Waals surface area contributed by atoms with E-state index in [9.17, 15) is 14.0 Å². The van der Waals surface area contributed by atoms with E-state index in [1.165, 1.54) is 12.1 Å². The summed E-state index contributed by atoms with van der Waals surface area (Å²) in [5.41, 5.74) is 2.28. The summed E-state index contributed by atoms with van der Waals surface area (Å²) in [6.07, 6.45) is 1.35. The average molecular weight is 520 g/mol. The minimum Gasteiger partial charge on any atom is -0.494 e. The van der Waals surface area contributed by atoms with Gasteiger partial charge in [-0.3, -0.25) is 0 Å². The van der Waals surface area contributed by atoms with Crippen LogP contribution >= 0.6 is 0 Å². The van der Waals surface area contributed by atoms with Crippen molar-refractivity contribution < 1.29 is 28.2 Å². The zero-order valence-corrected chi connectivity index (χ0v) is 21.6. The van der Waals surface area contributed by atoms with Crippen molar-refractivity contribution in [1.29, 1.82) is 0 Å². The number of nitrogens with zero attached hydrogens (tertiary/aromatic N) is 3. The molecule has 0 bridgehead atoms. The number of hydrogen-bond donors (Lipinski definition) is 0. The number of benzene rings is 3. The number of ether oxygens (including phenoxy) is 3. The zero-order chi connectivity index (χ0) is 27.5. The summed E-state index contributed by atoms with van der Waals surface area (Å²) in [6.45, 7) is 5.85. The van der Waals surface area contributed by atoms with Crippen LogP contribution in [0.4, 0.5) is 21.5 Å². The molecule has 0 amide bonds. The Balaban J connectivity index is 1.47. The van der Waals surface area contributed by atoms with Crippen LogP contribution in [0.5, 0.6) is 11.5 Å². The van der Waals surface area contributed by atoms with Crippen molar-refractivity contribution in [2.45, 2.75) is 19.8 Å². The first kappa shape index (κ1) is 28.0. The Hall–Kier alpha value is -4.53. The number of carbonyl (C=O) groups is 2. The highest BCUT2D eigenvalue weighted by atomic mass is 19.1. The predicted molar refractivity (Wildman–Crippen MR) is 143 cm³/mol. The average Bonchev–Trinajstić information content (AvgIpc) is 2.90. The van der Waals surface area contributed by atoms with Crippen LogP contribution in [0.3, 0.4) is 0 Å². The quantitative estimate of drug-likeness (QED) is 0.0859. The number of azo groups is 1. The molecule has 8 nitrogen and oxygen atoms in total. The van der Waals surface area contributed by atoms with Crippen LogP contribution in [-0.4, -0.2) is 39.2 Å². The monoisotopic (exact) mass is 519 g/mol. The summed E-state index contributed by atoms with van der Waals surface area (Å²) in [6, 6.07) is 17.7. The van der Waals surface area contributed by atoms with Crippen LogP contribution in [0.1, 0.15) is 30.1 Å². The van der Waals surface area contributed by atoms with Gasteiger partial charge in [0.2, 0.25) is 0 Å². The molecule has 3 aromatic rings. The molecule has 0 radical (unpaired) electrons. The van der Waals surface area contributed by atoms with Gasteiger partial charge in [0.1, 0.15) is 17.2 Å². The topological polar surface area (TPSA) is 89.8 Å². The summed E-state index contributed by atoms with van der Waals surface area (Å²) in [4.78, 5) is 25.7. The lowest BCUT2D eigenvalue weighted by Crippen LogP contribution is -2.09. The van der Waals surface area contributed by atoms with E-state index in [1.54, 1.807) is 43.3 Å². The molecule has 0 aliphatic carbocycles. The number of esters is 2. The van der Waals surface area contributed by atoms with E-state index < -0.39 is 17.8 Å². The summed E-state index contributed by atoms with van der Waals surface area (Å²) >= 11 is 0. The lowest BCUT2D eigenvalue weighted by atomic mass is 10.2. The highest BCUT2D eigenvalue weighted by molar-refractivity contribution is 5.91. The van der Waals surface area contributed by atoms with Gasteiger partial charge in [-0.1, -0.05) is 6.58 Å². The van der Waals surface area contributed by atoms with Crippen molar-refractivity contribution in [2.24, 2.45) is 10.2 Å². The van der Waals surface area contributed by atoms with Crippen molar-refractivity contribution in [3.8, 4) is 11.5 Å². The van der Waals surface area contributed by atoms with Gasteiger partial charge in [-0.25, -0.2) is 14.0 Å². The van der Waals surface area contributed by atoms with E-state index in [2.05, 4.69) is 16.8 Å². The fraction of sp³-hybridized carbons (Fsp3) is 0.241. The first-order valence-corrected chi connectivity index (χ1v) is 12.0. The molecule has 0 unspecified atom stereocenters. The van der Waals surface area contributed by atoms with Crippen molar-refractivity contribution in [1.82, 2.24) is 0 Å². The van der Waals surface area contributed by atoms with Crippen LogP contribution in [0, 0.1) is 5.82 Å². The van der Waals surface area contributed by atoms with E-state index in [0.717, 1.165) is 11.8 Å². The highest BCUT2D eigenvalue weighted by Crippen LogP contribution is 2.27. The molecule has 0 saturated heterocycles. The summed E-state index contributed by atoms with van der Waals surface area (Å²) in [7, 11) is 3.87. The molecule has 0 heterocycles. The fourth-order valence-corrected chi connectivity index (χ4v) is 3.10. The second-order valence-electron chi connectivity index (χ2n) is 8.61. The second-order valence-corrected chi connectivity index (χ2v) is 8.61. The lowest BCUT2D eigenvalue weighted by molar-refractivity contribution is -0.139. The Morgan fingerprint density at radius 3 is 2.18 bits per heavy atom. The van der Waals surface area contributed by atoms with Crippen LogP contribution in [0.2, 0.25) is 0 Å². The molecule has 3 aromatic carbocycles. The Morgan fingerprint density at radius 2 is 1.55 bits per heavy atom. The number of anilines is 1. The first-order chi connectivity index (χ1) is 18.2. The van der Waals surface area contributed by atoms with E-state index in [1.807, 2.05) is 31.1 Å². The lowest BCUT2D eigenvalue weighted by Gasteiger charge is -2.11. The number of unbranched alkanes of at least 4 members (excludes halogenated alkanes) is 1. The summed E-state index contributed by atoms with van der Waals surface area (Å²) < 4.78 is 30.4. The van der Waals surface area contributed by atoms with E-state index in [0.29, 0.717) is 43.1 Å². The maximum Gasteiger partial charge on any atom is 0.343 e. The number of rotatable bonds is 12. The highest BCUT2D eigenvalue weighted by Gasteiger charge is 2.11. The van der Waals surface area contributed by atoms with Crippen molar-refractivity contribution in [2.75, 3.05) is 32.2 Å². The fourth-order valence-electron chi connectivity index (χ4n) is 3.10. The molecular formula is C29H30FN3O5. The van der Waals surface area contributed by atoms with Gasteiger partial charge in [-0.15, -0.1) is 5.11 Å². The SMILES string of the molecule is C=C(C)C(=O)OCCCCOc1ccc(C(=O)Oc2ccc(N=Nc3ccc(N(C)C)cc3)c(F)c2)cc1. The Morgan fingerprint density at radius 1 is 0.895 bits per heavy atom. The molecule has 38 heavy (non-hydrogen) atoms. The van der Waals surface area contributed by atoms with Gasteiger partial charge in [-0.05, 0) is 80.4 Å². The largest absolute Gasteiger partial charge is 0.494 e. The molecule has 0 N–H and O–H groups in total. The third kappa shape index (κ3) is 8.55. The number of hydrogen-bond acceptors (Lipinski definition) is 8. The van der Waals surface area contributed by atoms with Gasteiger partial charge in [0.15, 0.2) is 5.82 Å². The third-order valence-corrected chi connectivity index (χ3v) is 5.25. The molecule has 0 atom stereocenters. The van der Waals surface area contributed by atoms with Gasteiger partial charge < -0.3 is 19.1 Å². The van der Waals surface area contributed by atoms with Gasteiger partial charge in [0, 0.05) is 31.4 Å². The van der Waals surface area contributed by atoms with Crippen molar-refractivity contribution in [3.63, 3.8) is 0 Å². The molecule has 0 aliphatic heterocycles. The first-order valence-electron chi connectivity index (χ1n) is 12.0. The van der Waals surface area contributed by atoms with Crippen LogP contribution in [0.25, 0.3) is 0 Å². The second kappa shape index (κ2) is 13.7. The normalized spacial score (nSPS) is 10.7. The molecule has 0 saturated carbocycles. The Labute approximate surface area is 221 Å². The molecule has 0 aliphatic rings. The molecule has 198 valence electrons.